The van der Waals surface area contributed by atoms with E-state index in [4.69, 9.17) is 4.74 Å². The molecule has 2 aliphatic rings. The van der Waals surface area contributed by atoms with Crippen LogP contribution < -0.4 is 10.1 Å². The van der Waals surface area contributed by atoms with Gasteiger partial charge in [0.25, 0.3) is 0 Å². The fourth-order valence-corrected chi connectivity index (χ4v) is 3.65. The summed E-state index contributed by atoms with van der Waals surface area (Å²) in [5.41, 5.74) is 0.738. The van der Waals surface area contributed by atoms with Gasteiger partial charge in [-0.25, -0.2) is 4.79 Å². The summed E-state index contributed by atoms with van der Waals surface area (Å²) in [6.45, 7) is 4.05. The molecule has 1 aromatic carbocycles. The molecule has 5 nitrogen and oxygen atoms in total. The molecule has 2 heterocycles. The van der Waals surface area contributed by atoms with Gasteiger partial charge in [0.15, 0.2) is 0 Å². The Morgan fingerprint density at radius 1 is 1.13 bits per heavy atom. The Hall–Kier alpha value is -1.75. The van der Waals surface area contributed by atoms with Gasteiger partial charge >= 0.3 is 6.03 Å². The molecule has 126 valence electrons. The highest BCUT2D eigenvalue weighted by Gasteiger charge is 2.28. The SMILES string of the molecule is COc1ccccc1NC(=O)N1CCCCC(N2CCCC2)C1. The third-order valence-corrected chi connectivity index (χ3v) is 4.94. The maximum absolute atomic E-state index is 12.7. The number of nitrogens with one attached hydrogen (secondary N) is 1. The third kappa shape index (κ3) is 3.96. The van der Waals surface area contributed by atoms with Gasteiger partial charge in [-0.1, -0.05) is 18.6 Å². The van der Waals surface area contributed by atoms with Crippen molar-refractivity contribution in [2.45, 2.75) is 38.1 Å². The van der Waals surface area contributed by atoms with E-state index in [9.17, 15) is 4.79 Å². The lowest BCUT2D eigenvalue weighted by Crippen LogP contribution is -2.45. The van der Waals surface area contributed by atoms with Gasteiger partial charge in [-0.05, 0) is 50.9 Å². The zero-order chi connectivity index (χ0) is 16.1. The number of amides is 2. The Kier molecular flexibility index (Phi) is 5.39. The van der Waals surface area contributed by atoms with E-state index in [1.807, 2.05) is 29.2 Å². The summed E-state index contributed by atoms with van der Waals surface area (Å²) in [4.78, 5) is 17.2. The van der Waals surface area contributed by atoms with E-state index < -0.39 is 0 Å². The van der Waals surface area contributed by atoms with Gasteiger partial charge in [0.2, 0.25) is 0 Å². The number of methoxy groups -OCH3 is 1. The first-order valence-electron chi connectivity index (χ1n) is 8.71. The molecule has 0 saturated carbocycles. The van der Waals surface area contributed by atoms with Crippen molar-refractivity contribution in [2.75, 3.05) is 38.6 Å². The quantitative estimate of drug-likeness (QED) is 0.931. The molecule has 23 heavy (non-hydrogen) atoms. The summed E-state index contributed by atoms with van der Waals surface area (Å²) in [6.07, 6.45) is 6.09. The molecule has 0 aliphatic carbocycles. The highest BCUT2D eigenvalue weighted by Crippen LogP contribution is 2.25. The molecule has 2 amide bonds. The number of likely N-dealkylation sites (tertiary alicyclic amines) is 2. The van der Waals surface area contributed by atoms with Crippen molar-refractivity contribution < 1.29 is 9.53 Å². The number of carbonyl (C=O) groups is 1. The lowest BCUT2D eigenvalue weighted by Gasteiger charge is -2.30. The van der Waals surface area contributed by atoms with E-state index in [0.717, 1.165) is 25.2 Å². The zero-order valence-electron chi connectivity index (χ0n) is 14.0. The van der Waals surface area contributed by atoms with E-state index >= 15 is 0 Å². The van der Waals surface area contributed by atoms with Crippen LogP contribution in [0.2, 0.25) is 0 Å². The average molecular weight is 317 g/mol. The second-order valence-corrected chi connectivity index (χ2v) is 6.47. The van der Waals surface area contributed by atoms with Gasteiger partial charge in [0.1, 0.15) is 5.75 Å². The van der Waals surface area contributed by atoms with Gasteiger partial charge in [0, 0.05) is 19.1 Å². The van der Waals surface area contributed by atoms with E-state index in [-0.39, 0.29) is 6.03 Å². The first-order valence-corrected chi connectivity index (χ1v) is 8.71. The highest BCUT2D eigenvalue weighted by molar-refractivity contribution is 5.91. The predicted octanol–water partition coefficient (Wildman–Crippen LogP) is 3.18. The minimum absolute atomic E-state index is 0.0133. The lowest BCUT2D eigenvalue weighted by atomic mass is 10.1. The second kappa shape index (κ2) is 7.68. The molecular weight excluding hydrogens is 290 g/mol. The Labute approximate surface area is 138 Å². The number of rotatable bonds is 3. The molecule has 0 radical (unpaired) electrons. The van der Waals surface area contributed by atoms with E-state index in [1.165, 1.54) is 38.8 Å². The number of hydrogen-bond donors (Lipinski definition) is 1. The summed E-state index contributed by atoms with van der Waals surface area (Å²) >= 11 is 0. The van der Waals surface area contributed by atoms with Crippen LogP contribution in [-0.2, 0) is 0 Å². The molecule has 0 spiro atoms. The fraction of sp³-hybridized carbons (Fsp3) is 0.611. The van der Waals surface area contributed by atoms with Crippen LogP contribution >= 0.6 is 0 Å². The third-order valence-electron chi connectivity index (χ3n) is 4.94. The van der Waals surface area contributed by atoms with Crippen LogP contribution in [0.3, 0.4) is 0 Å². The summed E-state index contributed by atoms with van der Waals surface area (Å²) < 4.78 is 5.32. The lowest BCUT2D eigenvalue weighted by molar-refractivity contribution is 0.174. The van der Waals surface area contributed by atoms with Crippen LogP contribution in [0.1, 0.15) is 32.1 Å². The average Bonchev–Trinajstić information content (AvgIpc) is 3.00. The van der Waals surface area contributed by atoms with Crippen LogP contribution in [0.4, 0.5) is 10.5 Å². The number of urea groups is 1. The van der Waals surface area contributed by atoms with Gasteiger partial charge < -0.3 is 15.0 Å². The second-order valence-electron chi connectivity index (χ2n) is 6.47. The monoisotopic (exact) mass is 317 g/mol. The standard InChI is InChI=1S/C18H27N3O2/c1-23-17-10-3-2-9-16(17)19-18(22)21-13-5-4-8-15(14-21)20-11-6-7-12-20/h2-3,9-10,15H,4-8,11-14H2,1H3,(H,19,22). The van der Waals surface area contributed by atoms with Gasteiger partial charge in [-0.3, -0.25) is 4.90 Å². The molecule has 1 aromatic rings. The van der Waals surface area contributed by atoms with Gasteiger partial charge in [0.05, 0.1) is 12.8 Å². The van der Waals surface area contributed by atoms with E-state index in [0.29, 0.717) is 11.8 Å². The first-order chi connectivity index (χ1) is 11.3. The predicted molar refractivity (Wildman–Crippen MR) is 92.0 cm³/mol. The summed E-state index contributed by atoms with van der Waals surface area (Å²) in [6, 6.07) is 8.07. The van der Waals surface area contributed by atoms with Crippen molar-refractivity contribution in [1.29, 1.82) is 0 Å². The number of hydrogen-bond acceptors (Lipinski definition) is 3. The Balaban J connectivity index is 1.65. The molecule has 2 fully saturated rings. The molecule has 0 aromatic heterocycles. The summed E-state index contributed by atoms with van der Waals surface area (Å²) in [7, 11) is 1.63. The van der Waals surface area contributed by atoms with Gasteiger partial charge in [-0.15, -0.1) is 0 Å². The largest absolute Gasteiger partial charge is 0.495 e. The molecule has 1 N–H and O–H groups in total. The van der Waals surface area contributed by atoms with Crippen LogP contribution in [-0.4, -0.2) is 55.2 Å². The molecule has 1 atom stereocenters. The van der Waals surface area contributed by atoms with Crippen molar-refractivity contribution in [2.24, 2.45) is 0 Å². The molecule has 2 saturated heterocycles. The Bertz CT molecular complexity index is 529. The van der Waals surface area contributed by atoms with Crippen molar-refractivity contribution in [3.63, 3.8) is 0 Å². The Morgan fingerprint density at radius 3 is 2.65 bits per heavy atom. The minimum Gasteiger partial charge on any atom is -0.495 e. The fourth-order valence-electron chi connectivity index (χ4n) is 3.65. The molecule has 5 heteroatoms. The van der Waals surface area contributed by atoms with E-state index in [1.54, 1.807) is 7.11 Å². The van der Waals surface area contributed by atoms with Crippen LogP contribution in [0.5, 0.6) is 5.75 Å². The van der Waals surface area contributed by atoms with Gasteiger partial charge in [-0.2, -0.15) is 0 Å². The molecule has 1 unspecified atom stereocenters. The summed E-state index contributed by atoms with van der Waals surface area (Å²) in [5.74, 6) is 0.701. The van der Waals surface area contributed by atoms with Crippen molar-refractivity contribution in [3.8, 4) is 5.75 Å². The number of anilines is 1. The topological polar surface area (TPSA) is 44.8 Å². The van der Waals surface area contributed by atoms with Crippen LogP contribution in [0.25, 0.3) is 0 Å². The molecular formula is C18H27N3O2. The maximum atomic E-state index is 12.7. The smallest absolute Gasteiger partial charge is 0.322 e. The Morgan fingerprint density at radius 2 is 1.87 bits per heavy atom. The molecule has 2 aliphatic heterocycles. The van der Waals surface area contributed by atoms with Crippen molar-refractivity contribution in [3.05, 3.63) is 24.3 Å². The van der Waals surface area contributed by atoms with Crippen molar-refractivity contribution >= 4 is 11.7 Å². The van der Waals surface area contributed by atoms with Crippen molar-refractivity contribution in [1.82, 2.24) is 9.80 Å². The maximum Gasteiger partial charge on any atom is 0.322 e. The number of para-hydroxylation sites is 2. The highest BCUT2D eigenvalue weighted by atomic mass is 16.5. The first kappa shape index (κ1) is 16.1. The minimum atomic E-state index is -0.0133. The number of nitrogens with zero attached hydrogens (tertiary/aromatic N) is 2. The number of benzene rings is 1. The van der Waals surface area contributed by atoms with Crippen LogP contribution in [0.15, 0.2) is 24.3 Å². The molecule has 0 bridgehead atoms. The van der Waals surface area contributed by atoms with Crippen LogP contribution in [0, 0.1) is 0 Å². The van der Waals surface area contributed by atoms with E-state index in [2.05, 4.69) is 10.2 Å². The number of carbonyl (C=O) groups excluding carboxylic acids is 1. The normalized spacial score (nSPS) is 22.7. The summed E-state index contributed by atoms with van der Waals surface area (Å²) in [5, 5.41) is 3.01. The zero-order valence-corrected chi connectivity index (χ0v) is 14.0. The number of ether oxygens (including phenoxy) is 1. The molecule has 3 rings (SSSR count).